The van der Waals surface area contributed by atoms with Crippen LogP contribution in [0.5, 0.6) is 0 Å². The zero-order chi connectivity index (χ0) is 21.1. The van der Waals surface area contributed by atoms with Crippen molar-refractivity contribution in [2.24, 2.45) is 5.92 Å². The van der Waals surface area contributed by atoms with E-state index in [0.717, 1.165) is 29.6 Å². The number of rotatable bonds is 5. The van der Waals surface area contributed by atoms with Gasteiger partial charge < -0.3 is 10.2 Å². The minimum Gasteiger partial charge on any atom is -0.372 e. The third-order valence-electron chi connectivity index (χ3n) is 5.89. The molecule has 30 heavy (non-hydrogen) atoms. The summed E-state index contributed by atoms with van der Waals surface area (Å²) in [5.41, 5.74) is 2.54. The molecule has 1 atom stereocenters. The highest BCUT2D eigenvalue weighted by Crippen LogP contribution is 2.33. The molecular weight excluding hydrogens is 416 g/mol. The van der Waals surface area contributed by atoms with Gasteiger partial charge in [-0.05, 0) is 61.6 Å². The van der Waals surface area contributed by atoms with Crippen LogP contribution in [0.3, 0.4) is 0 Å². The summed E-state index contributed by atoms with van der Waals surface area (Å²) in [6, 6.07) is 15.4. The summed E-state index contributed by atoms with van der Waals surface area (Å²) < 4.78 is 23.5. The van der Waals surface area contributed by atoms with Crippen molar-refractivity contribution < 1.29 is 13.2 Å². The SMILES string of the molecule is CC1CCN(c2ccc(NC(=O)c3ccccc3SC3CCS(=O)(=O)C3)cc2)CC1. The molecule has 2 saturated heterocycles. The number of hydrogen-bond donors (Lipinski definition) is 1. The molecule has 2 aromatic carbocycles. The summed E-state index contributed by atoms with van der Waals surface area (Å²) in [7, 11) is -2.94. The fourth-order valence-corrected chi connectivity index (χ4v) is 7.64. The number of sulfone groups is 1. The van der Waals surface area contributed by atoms with Crippen LogP contribution in [0.25, 0.3) is 0 Å². The molecule has 0 aliphatic carbocycles. The first-order valence-corrected chi connectivity index (χ1v) is 13.2. The quantitative estimate of drug-likeness (QED) is 0.738. The minimum atomic E-state index is -2.94. The molecule has 7 heteroatoms. The normalized spacial score (nSPS) is 21.5. The van der Waals surface area contributed by atoms with Crippen LogP contribution in [-0.2, 0) is 9.84 Å². The van der Waals surface area contributed by atoms with E-state index in [1.807, 2.05) is 30.3 Å². The first-order valence-electron chi connectivity index (χ1n) is 10.5. The van der Waals surface area contributed by atoms with E-state index in [1.54, 1.807) is 6.07 Å². The number of carbonyl (C=O) groups excluding carboxylic acids is 1. The Morgan fingerprint density at radius 3 is 2.40 bits per heavy atom. The molecule has 4 rings (SSSR count). The predicted molar refractivity (Wildman–Crippen MR) is 124 cm³/mol. The highest BCUT2D eigenvalue weighted by atomic mass is 32.2. The van der Waals surface area contributed by atoms with Gasteiger partial charge in [0.05, 0.1) is 17.1 Å². The molecule has 0 saturated carbocycles. The van der Waals surface area contributed by atoms with E-state index >= 15 is 0 Å². The van der Waals surface area contributed by atoms with Crippen LogP contribution in [-0.4, -0.2) is 44.2 Å². The maximum absolute atomic E-state index is 12.9. The molecule has 160 valence electrons. The van der Waals surface area contributed by atoms with Gasteiger partial charge in [-0.15, -0.1) is 11.8 Å². The zero-order valence-electron chi connectivity index (χ0n) is 17.2. The van der Waals surface area contributed by atoms with Gasteiger partial charge in [-0.2, -0.15) is 0 Å². The van der Waals surface area contributed by atoms with Gasteiger partial charge in [0.2, 0.25) is 0 Å². The molecule has 2 aliphatic rings. The fraction of sp³-hybridized carbons (Fsp3) is 0.435. The standard InChI is InChI=1S/C23H28N2O3S2/c1-17-10-13-25(14-11-17)19-8-6-18(7-9-19)24-23(26)21-4-2-3-5-22(21)29-20-12-15-30(27,28)16-20/h2-9,17,20H,10-16H2,1H3,(H,24,26). The molecule has 0 spiro atoms. The molecule has 1 unspecified atom stereocenters. The Kier molecular flexibility index (Phi) is 6.39. The second kappa shape index (κ2) is 9.02. The van der Waals surface area contributed by atoms with Crippen molar-refractivity contribution in [2.75, 3.05) is 34.8 Å². The molecule has 5 nitrogen and oxygen atoms in total. The number of hydrogen-bond acceptors (Lipinski definition) is 5. The third-order valence-corrected chi connectivity index (χ3v) is 9.21. The second-order valence-corrected chi connectivity index (χ2v) is 11.9. The molecule has 0 aromatic heterocycles. The summed E-state index contributed by atoms with van der Waals surface area (Å²) in [4.78, 5) is 16.1. The van der Waals surface area contributed by atoms with Gasteiger partial charge in [0.15, 0.2) is 9.84 Å². The molecule has 0 radical (unpaired) electrons. The third kappa shape index (κ3) is 5.19. The lowest BCUT2D eigenvalue weighted by atomic mass is 9.99. The van der Waals surface area contributed by atoms with E-state index < -0.39 is 9.84 Å². The number of carbonyl (C=O) groups is 1. The molecule has 0 bridgehead atoms. The molecule has 2 aliphatic heterocycles. The molecule has 2 fully saturated rings. The maximum atomic E-state index is 12.9. The van der Waals surface area contributed by atoms with E-state index in [2.05, 4.69) is 29.3 Å². The van der Waals surface area contributed by atoms with Crippen LogP contribution in [0, 0.1) is 5.92 Å². The van der Waals surface area contributed by atoms with Crippen LogP contribution in [0.1, 0.15) is 36.5 Å². The van der Waals surface area contributed by atoms with Crippen LogP contribution >= 0.6 is 11.8 Å². The van der Waals surface area contributed by atoms with Crippen molar-refractivity contribution in [3.63, 3.8) is 0 Å². The number of anilines is 2. The highest BCUT2D eigenvalue weighted by molar-refractivity contribution is 8.02. The summed E-state index contributed by atoms with van der Waals surface area (Å²) >= 11 is 1.49. The minimum absolute atomic E-state index is 0.00972. The molecule has 2 aromatic rings. The van der Waals surface area contributed by atoms with E-state index in [0.29, 0.717) is 12.0 Å². The average molecular weight is 445 g/mol. The first-order chi connectivity index (χ1) is 14.4. The maximum Gasteiger partial charge on any atom is 0.256 e. The van der Waals surface area contributed by atoms with E-state index in [1.165, 1.54) is 30.3 Å². The second-order valence-electron chi connectivity index (χ2n) is 8.31. The summed E-state index contributed by atoms with van der Waals surface area (Å²) in [6.45, 7) is 4.46. The number of amides is 1. The number of piperidine rings is 1. The summed E-state index contributed by atoms with van der Waals surface area (Å²) in [5.74, 6) is 1.05. The lowest BCUT2D eigenvalue weighted by Crippen LogP contribution is -2.32. The largest absolute Gasteiger partial charge is 0.372 e. The lowest BCUT2D eigenvalue weighted by molar-refractivity contribution is 0.102. The summed E-state index contributed by atoms with van der Waals surface area (Å²) in [6.07, 6.45) is 3.07. The number of benzene rings is 2. The first kappa shape index (κ1) is 21.2. The van der Waals surface area contributed by atoms with Gasteiger partial charge in [-0.25, -0.2) is 8.42 Å². The van der Waals surface area contributed by atoms with Crippen molar-refractivity contribution in [1.82, 2.24) is 0 Å². The topological polar surface area (TPSA) is 66.5 Å². The van der Waals surface area contributed by atoms with E-state index in [4.69, 9.17) is 0 Å². The number of nitrogens with zero attached hydrogens (tertiary/aromatic N) is 1. The fourth-order valence-electron chi connectivity index (χ4n) is 4.01. The van der Waals surface area contributed by atoms with Crippen LogP contribution in [0.15, 0.2) is 53.4 Å². The summed E-state index contributed by atoms with van der Waals surface area (Å²) in [5, 5.41) is 3.00. The Morgan fingerprint density at radius 1 is 1.03 bits per heavy atom. The highest BCUT2D eigenvalue weighted by Gasteiger charge is 2.29. The van der Waals surface area contributed by atoms with E-state index in [-0.39, 0.29) is 22.7 Å². The number of nitrogens with one attached hydrogen (secondary N) is 1. The van der Waals surface area contributed by atoms with Gasteiger partial charge in [0.1, 0.15) is 0 Å². The molecule has 2 heterocycles. The Balaban J connectivity index is 1.41. The van der Waals surface area contributed by atoms with Gasteiger partial charge in [0, 0.05) is 34.6 Å². The smallest absolute Gasteiger partial charge is 0.256 e. The Bertz CT molecular complexity index is 997. The van der Waals surface area contributed by atoms with Crippen molar-refractivity contribution >= 4 is 38.9 Å². The van der Waals surface area contributed by atoms with E-state index in [9.17, 15) is 13.2 Å². The predicted octanol–water partition coefficient (Wildman–Crippen LogP) is 4.45. The monoisotopic (exact) mass is 444 g/mol. The molecule has 1 N–H and O–H groups in total. The van der Waals surface area contributed by atoms with Crippen molar-refractivity contribution in [1.29, 1.82) is 0 Å². The molecule has 1 amide bonds. The van der Waals surface area contributed by atoms with Crippen LogP contribution < -0.4 is 10.2 Å². The molecular formula is C23H28N2O3S2. The number of thioether (sulfide) groups is 1. The zero-order valence-corrected chi connectivity index (χ0v) is 18.8. The van der Waals surface area contributed by atoms with Crippen LogP contribution in [0.2, 0.25) is 0 Å². The average Bonchev–Trinajstić information content (AvgIpc) is 3.08. The van der Waals surface area contributed by atoms with Crippen molar-refractivity contribution in [3.8, 4) is 0 Å². The van der Waals surface area contributed by atoms with Crippen LogP contribution in [0.4, 0.5) is 11.4 Å². The Morgan fingerprint density at radius 2 is 1.73 bits per heavy atom. The Labute approximate surface area is 183 Å². The van der Waals surface area contributed by atoms with Gasteiger partial charge in [-0.3, -0.25) is 4.79 Å². The van der Waals surface area contributed by atoms with Gasteiger partial charge >= 0.3 is 0 Å². The van der Waals surface area contributed by atoms with Gasteiger partial charge in [-0.1, -0.05) is 19.1 Å². The van der Waals surface area contributed by atoms with Crippen molar-refractivity contribution in [2.45, 2.75) is 36.3 Å². The van der Waals surface area contributed by atoms with Crippen molar-refractivity contribution in [3.05, 3.63) is 54.1 Å². The Hall–Kier alpha value is -1.99. The lowest BCUT2D eigenvalue weighted by Gasteiger charge is -2.32. The van der Waals surface area contributed by atoms with Gasteiger partial charge in [0.25, 0.3) is 5.91 Å².